The van der Waals surface area contributed by atoms with Crippen molar-refractivity contribution in [1.29, 1.82) is 0 Å². The zero-order valence-electron chi connectivity index (χ0n) is 11.8. The Morgan fingerprint density at radius 3 is 2.75 bits per heavy atom. The normalized spacial score (nSPS) is 17.6. The number of benzene rings is 1. The molecular formula is C14H18ClN3O2. The minimum Gasteiger partial charge on any atom is -0.342 e. The van der Waals surface area contributed by atoms with Gasteiger partial charge in [-0.3, -0.25) is 9.59 Å². The van der Waals surface area contributed by atoms with E-state index in [-0.39, 0.29) is 24.4 Å². The van der Waals surface area contributed by atoms with Gasteiger partial charge < -0.3 is 15.5 Å². The summed E-state index contributed by atoms with van der Waals surface area (Å²) in [6.07, 6.45) is 0. The maximum atomic E-state index is 12.2. The minimum atomic E-state index is -0.749. The molecule has 1 aromatic carbocycles. The van der Waals surface area contributed by atoms with E-state index < -0.39 is 6.04 Å². The topological polar surface area (TPSA) is 66.6 Å². The average molecular weight is 296 g/mol. The van der Waals surface area contributed by atoms with E-state index in [1.165, 1.54) is 4.90 Å². The van der Waals surface area contributed by atoms with Gasteiger partial charge in [-0.2, -0.15) is 0 Å². The highest BCUT2D eigenvalue weighted by Crippen LogP contribution is 2.36. The monoisotopic (exact) mass is 295 g/mol. The van der Waals surface area contributed by atoms with Gasteiger partial charge in [-0.1, -0.05) is 11.6 Å². The van der Waals surface area contributed by atoms with Gasteiger partial charge in [0.2, 0.25) is 11.8 Å². The molecule has 1 aliphatic heterocycles. The molecule has 5 nitrogen and oxygen atoms in total. The molecule has 0 fully saturated rings. The van der Waals surface area contributed by atoms with E-state index in [1.807, 2.05) is 13.8 Å². The van der Waals surface area contributed by atoms with Crippen molar-refractivity contribution in [2.45, 2.75) is 25.9 Å². The van der Waals surface area contributed by atoms with Gasteiger partial charge in [-0.05, 0) is 32.0 Å². The smallest absolute Gasteiger partial charge is 0.249 e. The van der Waals surface area contributed by atoms with Crippen LogP contribution in [0.5, 0.6) is 0 Å². The molecule has 1 atom stereocenters. The molecule has 0 aromatic heterocycles. The van der Waals surface area contributed by atoms with Crippen molar-refractivity contribution in [3.05, 3.63) is 28.8 Å². The summed E-state index contributed by atoms with van der Waals surface area (Å²) in [5, 5.41) is 0.527. The molecule has 0 spiro atoms. The van der Waals surface area contributed by atoms with Gasteiger partial charge in [0.05, 0.1) is 0 Å². The standard InChI is InChI=1S/C14H18ClN3O2/c1-8(2)17(3)12(19)7-18-11-5-4-9(15)6-10(11)13(16)14(18)20/h4-6,8,13H,7,16H2,1-3H3. The van der Waals surface area contributed by atoms with Gasteiger partial charge >= 0.3 is 0 Å². The second-order valence-electron chi connectivity index (χ2n) is 5.20. The molecule has 0 bridgehead atoms. The van der Waals surface area contributed by atoms with E-state index in [0.717, 1.165) is 0 Å². The first-order valence-electron chi connectivity index (χ1n) is 6.45. The maximum Gasteiger partial charge on any atom is 0.249 e. The molecule has 108 valence electrons. The molecule has 0 aliphatic carbocycles. The number of fused-ring (bicyclic) bond motifs is 1. The fourth-order valence-corrected chi connectivity index (χ4v) is 2.32. The fourth-order valence-electron chi connectivity index (χ4n) is 2.14. The molecule has 0 radical (unpaired) electrons. The van der Waals surface area contributed by atoms with Crippen molar-refractivity contribution in [2.75, 3.05) is 18.5 Å². The number of hydrogen-bond acceptors (Lipinski definition) is 3. The van der Waals surface area contributed by atoms with Gasteiger partial charge in [0.25, 0.3) is 0 Å². The Morgan fingerprint density at radius 1 is 1.50 bits per heavy atom. The average Bonchev–Trinajstić information content (AvgIpc) is 2.62. The Labute approximate surface area is 123 Å². The summed E-state index contributed by atoms with van der Waals surface area (Å²) in [5.41, 5.74) is 7.22. The lowest BCUT2D eigenvalue weighted by Crippen LogP contribution is -2.43. The quantitative estimate of drug-likeness (QED) is 0.920. The van der Waals surface area contributed by atoms with Crippen LogP contribution in [0.15, 0.2) is 18.2 Å². The number of carbonyl (C=O) groups is 2. The lowest BCUT2D eigenvalue weighted by Gasteiger charge is -2.25. The highest BCUT2D eigenvalue weighted by atomic mass is 35.5. The highest BCUT2D eigenvalue weighted by molar-refractivity contribution is 6.31. The van der Waals surface area contributed by atoms with Crippen molar-refractivity contribution < 1.29 is 9.59 Å². The van der Waals surface area contributed by atoms with Crippen LogP contribution in [0.4, 0.5) is 5.69 Å². The Morgan fingerprint density at radius 2 is 2.15 bits per heavy atom. The first-order valence-corrected chi connectivity index (χ1v) is 6.82. The number of carbonyl (C=O) groups excluding carboxylic acids is 2. The van der Waals surface area contributed by atoms with E-state index in [2.05, 4.69) is 0 Å². The molecule has 2 amide bonds. The van der Waals surface area contributed by atoms with Crippen molar-refractivity contribution >= 4 is 29.1 Å². The zero-order chi connectivity index (χ0) is 15.0. The summed E-state index contributed by atoms with van der Waals surface area (Å²) in [6.45, 7) is 3.84. The van der Waals surface area contributed by atoms with Crippen LogP contribution in [0, 0.1) is 0 Å². The predicted molar refractivity (Wildman–Crippen MR) is 78.6 cm³/mol. The molecule has 1 heterocycles. The fraction of sp³-hybridized carbons (Fsp3) is 0.429. The predicted octanol–water partition coefficient (Wildman–Crippen LogP) is 1.55. The third kappa shape index (κ3) is 2.51. The van der Waals surface area contributed by atoms with Gasteiger partial charge in [0.1, 0.15) is 12.6 Å². The van der Waals surface area contributed by atoms with Crippen LogP contribution in [-0.2, 0) is 9.59 Å². The Bertz CT molecular complexity index is 559. The molecule has 1 unspecified atom stereocenters. The number of nitrogens with two attached hydrogens (primary N) is 1. The number of anilines is 1. The molecule has 1 aromatic rings. The summed E-state index contributed by atoms with van der Waals surface area (Å²) in [5.74, 6) is -0.392. The van der Waals surface area contributed by atoms with E-state index in [4.69, 9.17) is 17.3 Å². The van der Waals surface area contributed by atoms with Crippen LogP contribution in [0.25, 0.3) is 0 Å². The Balaban J connectivity index is 2.26. The molecular weight excluding hydrogens is 278 g/mol. The SMILES string of the molecule is CC(C)N(C)C(=O)CN1C(=O)C(N)c2cc(Cl)ccc21. The Hall–Kier alpha value is -1.59. The summed E-state index contributed by atoms with van der Waals surface area (Å²) in [6, 6.07) is 4.43. The molecule has 0 saturated heterocycles. The summed E-state index contributed by atoms with van der Waals surface area (Å²) >= 11 is 5.92. The summed E-state index contributed by atoms with van der Waals surface area (Å²) < 4.78 is 0. The second kappa shape index (κ2) is 5.42. The van der Waals surface area contributed by atoms with Crippen molar-refractivity contribution in [2.24, 2.45) is 5.73 Å². The lowest BCUT2D eigenvalue weighted by atomic mass is 10.1. The van der Waals surface area contributed by atoms with Gasteiger partial charge in [0, 0.05) is 29.4 Å². The number of likely N-dealkylation sites (N-methyl/N-ethyl adjacent to an activating group) is 1. The van der Waals surface area contributed by atoms with Gasteiger partial charge in [-0.15, -0.1) is 0 Å². The van der Waals surface area contributed by atoms with E-state index in [0.29, 0.717) is 16.3 Å². The van der Waals surface area contributed by atoms with Gasteiger partial charge in [-0.25, -0.2) is 0 Å². The number of amides is 2. The van der Waals surface area contributed by atoms with Crippen LogP contribution in [-0.4, -0.2) is 36.3 Å². The third-order valence-electron chi connectivity index (χ3n) is 3.61. The Kier molecular flexibility index (Phi) is 4.01. The number of nitrogens with zero attached hydrogens (tertiary/aromatic N) is 2. The number of hydrogen-bond donors (Lipinski definition) is 1. The van der Waals surface area contributed by atoms with E-state index in [1.54, 1.807) is 30.1 Å². The molecule has 20 heavy (non-hydrogen) atoms. The summed E-state index contributed by atoms with van der Waals surface area (Å²) in [4.78, 5) is 27.4. The molecule has 6 heteroatoms. The first kappa shape index (κ1) is 14.8. The van der Waals surface area contributed by atoms with Crippen molar-refractivity contribution in [3.8, 4) is 0 Å². The number of rotatable bonds is 3. The highest BCUT2D eigenvalue weighted by Gasteiger charge is 2.36. The molecule has 2 rings (SSSR count). The largest absolute Gasteiger partial charge is 0.342 e. The van der Waals surface area contributed by atoms with Gasteiger partial charge in [0.15, 0.2) is 0 Å². The van der Waals surface area contributed by atoms with Crippen molar-refractivity contribution in [3.63, 3.8) is 0 Å². The van der Waals surface area contributed by atoms with Crippen LogP contribution in [0.1, 0.15) is 25.5 Å². The van der Waals surface area contributed by atoms with Crippen molar-refractivity contribution in [1.82, 2.24) is 4.90 Å². The zero-order valence-corrected chi connectivity index (χ0v) is 12.5. The van der Waals surface area contributed by atoms with Crippen LogP contribution in [0.3, 0.4) is 0 Å². The molecule has 0 saturated carbocycles. The van der Waals surface area contributed by atoms with E-state index in [9.17, 15) is 9.59 Å². The van der Waals surface area contributed by atoms with Crippen LogP contribution >= 0.6 is 11.6 Å². The van der Waals surface area contributed by atoms with Crippen LogP contribution < -0.4 is 10.6 Å². The molecule has 2 N–H and O–H groups in total. The second-order valence-corrected chi connectivity index (χ2v) is 5.64. The van der Waals surface area contributed by atoms with Crippen LogP contribution in [0.2, 0.25) is 5.02 Å². The minimum absolute atomic E-state index is 0.00412. The maximum absolute atomic E-state index is 12.2. The molecule has 1 aliphatic rings. The first-order chi connectivity index (χ1) is 9.32. The third-order valence-corrected chi connectivity index (χ3v) is 3.84. The lowest BCUT2D eigenvalue weighted by molar-refractivity contribution is -0.131. The summed E-state index contributed by atoms with van der Waals surface area (Å²) in [7, 11) is 1.72. The van der Waals surface area contributed by atoms with E-state index >= 15 is 0 Å². The number of halogens is 1.